The number of carbonyl (C=O) groups excluding carboxylic acids is 2. The molecule has 8 heteroatoms. The van der Waals surface area contributed by atoms with Crippen molar-refractivity contribution in [1.82, 2.24) is 10.6 Å². The summed E-state index contributed by atoms with van der Waals surface area (Å²) in [7, 11) is 1.51. The number of carbonyl (C=O) groups is 2. The minimum absolute atomic E-state index is 0.271. The van der Waals surface area contributed by atoms with Gasteiger partial charge >= 0.3 is 6.03 Å². The fourth-order valence-electron chi connectivity index (χ4n) is 2.62. The van der Waals surface area contributed by atoms with E-state index >= 15 is 0 Å². The molecule has 0 atom stereocenters. The first kappa shape index (κ1) is 21.2. The van der Waals surface area contributed by atoms with Gasteiger partial charge in [0.25, 0.3) is 5.91 Å². The Hall–Kier alpha value is -3.06. The lowest BCUT2D eigenvalue weighted by Crippen LogP contribution is -2.43. The van der Waals surface area contributed by atoms with Crippen LogP contribution in [-0.2, 0) is 5.54 Å². The summed E-state index contributed by atoms with van der Waals surface area (Å²) < 4.78 is 0. The topological polar surface area (TPSA) is 103 Å². The summed E-state index contributed by atoms with van der Waals surface area (Å²) in [6, 6.07) is 11.6. The van der Waals surface area contributed by atoms with Gasteiger partial charge in [0.15, 0.2) is 0 Å². The molecule has 0 aliphatic carbocycles. The van der Waals surface area contributed by atoms with Gasteiger partial charge in [-0.05, 0) is 56.2 Å². The standard InChI is InChI=1S/C20H23ClN4O3/c1-12(25-28)13-6-5-7-14(10-13)20(2,3)24-19(27)23-15-8-9-17(21)16(11-15)18(26)22-4/h5-11,28H,1-4H3,(H,22,26)(H2,23,24,27)/b25-12+. The fourth-order valence-corrected chi connectivity index (χ4v) is 2.82. The maximum Gasteiger partial charge on any atom is 0.319 e. The highest BCUT2D eigenvalue weighted by Crippen LogP contribution is 2.23. The van der Waals surface area contributed by atoms with E-state index in [1.165, 1.54) is 13.1 Å². The fraction of sp³-hybridized carbons (Fsp3) is 0.250. The van der Waals surface area contributed by atoms with E-state index in [4.69, 9.17) is 16.8 Å². The van der Waals surface area contributed by atoms with Crippen LogP contribution in [0.15, 0.2) is 47.6 Å². The van der Waals surface area contributed by atoms with Crippen molar-refractivity contribution in [3.05, 3.63) is 64.2 Å². The van der Waals surface area contributed by atoms with Gasteiger partial charge in [-0.15, -0.1) is 0 Å². The summed E-state index contributed by atoms with van der Waals surface area (Å²) in [6.07, 6.45) is 0. The third-order valence-corrected chi connectivity index (χ3v) is 4.60. The van der Waals surface area contributed by atoms with Gasteiger partial charge in [0, 0.05) is 12.7 Å². The molecule has 0 bridgehead atoms. The van der Waals surface area contributed by atoms with Crippen molar-refractivity contribution < 1.29 is 14.8 Å². The van der Waals surface area contributed by atoms with Crippen molar-refractivity contribution in [2.45, 2.75) is 26.3 Å². The van der Waals surface area contributed by atoms with Crippen LogP contribution in [0.25, 0.3) is 0 Å². The van der Waals surface area contributed by atoms with Crippen LogP contribution in [0.5, 0.6) is 0 Å². The van der Waals surface area contributed by atoms with Gasteiger partial charge in [0.1, 0.15) is 0 Å². The summed E-state index contributed by atoms with van der Waals surface area (Å²) in [5.74, 6) is -0.341. The van der Waals surface area contributed by atoms with Crippen LogP contribution in [0, 0.1) is 0 Å². The number of halogens is 1. The van der Waals surface area contributed by atoms with Crippen molar-refractivity contribution in [2.75, 3.05) is 12.4 Å². The van der Waals surface area contributed by atoms with E-state index in [-0.39, 0.29) is 11.5 Å². The van der Waals surface area contributed by atoms with Crippen LogP contribution in [-0.4, -0.2) is 29.9 Å². The molecular weight excluding hydrogens is 380 g/mol. The molecule has 28 heavy (non-hydrogen) atoms. The highest BCUT2D eigenvalue weighted by molar-refractivity contribution is 6.34. The van der Waals surface area contributed by atoms with Gasteiger partial charge in [0.2, 0.25) is 0 Å². The van der Waals surface area contributed by atoms with Crippen molar-refractivity contribution in [2.24, 2.45) is 5.16 Å². The Kier molecular flexibility index (Phi) is 6.64. The molecule has 0 spiro atoms. The number of nitrogens with one attached hydrogen (secondary N) is 3. The van der Waals surface area contributed by atoms with Gasteiger partial charge in [-0.2, -0.15) is 0 Å². The van der Waals surface area contributed by atoms with Crippen LogP contribution in [0.1, 0.15) is 42.3 Å². The number of anilines is 1. The largest absolute Gasteiger partial charge is 0.411 e. The Morgan fingerprint density at radius 3 is 2.50 bits per heavy atom. The molecule has 0 radical (unpaired) electrons. The van der Waals surface area contributed by atoms with E-state index in [0.717, 1.165) is 11.1 Å². The first-order valence-corrected chi connectivity index (χ1v) is 8.96. The first-order valence-electron chi connectivity index (χ1n) is 8.58. The Balaban J connectivity index is 2.17. The number of nitrogens with zero attached hydrogens (tertiary/aromatic N) is 1. The van der Waals surface area contributed by atoms with Gasteiger partial charge in [-0.1, -0.05) is 35.0 Å². The third-order valence-electron chi connectivity index (χ3n) is 4.27. The normalized spacial score (nSPS) is 11.7. The van der Waals surface area contributed by atoms with Gasteiger partial charge in [-0.25, -0.2) is 4.79 Å². The van der Waals surface area contributed by atoms with E-state index in [2.05, 4.69) is 21.1 Å². The second kappa shape index (κ2) is 8.75. The summed E-state index contributed by atoms with van der Waals surface area (Å²) >= 11 is 6.03. The van der Waals surface area contributed by atoms with Crippen LogP contribution in [0.4, 0.5) is 10.5 Å². The molecular formula is C20H23ClN4O3. The molecule has 0 aromatic heterocycles. The molecule has 0 aliphatic rings. The molecule has 2 aromatic carbocycles. The zero-order chi connectivity index (χ0) is 20.9. The highest BCUT2D eigenvalue weighted by atomic mass is 35.5. The molecule has 3 amide bonds. The molecule has 0 fully saturated rings. The maximum atomic E-state index is 12.5. The number of urea groups is 1. The van der Waals surface area contributed by atoms with Crippen LogP contribution < -0.4 is 16.0 Å². The maximum absolute atomic E-state index is 12.5. The SMILES string of the molecule is CNC(=O)c1cc(NC(=O)NC(C)(C)c2cccc(/C(C)=N/O)c2)ccc1Cl. The second-order valence-electron chi connectivity index (χ2n) is 6.74. The van der Waals surface area contributed by atoms with Crippen molar-refractivity contribution in [3.63, 3.8) is 0 Å². The minimum atomic E-state index is -0.703. The number of hydrogen-bond acceptors (Lipinski definition) is 4. The summed E-state index contributed by atoms with van der Waals surface area (Å²) in [5, 5.41) is 20.6. The lowest BCUT2D eigenvalue weighted by Gasteiger charge is -2.27. The van der Waals surface area contributed by atoms with E-state index in [1.54, 1.807) is 19.1 Å². The average molecular weight is 403 g/mol. The zero-order valence-corrected chi connectivity index (χ0v) is 16.9. The van der Waals surface area contributed by atoms with E-state index in [0.29, 0.717) is 16.4 Å². The molecule has 0 heterocycles. The molecule has 0 saturated heterocycles. The summed E-state index contributed by atoms with van der Waals surface area (Å²) in [5.41, 5.74) is 2.07. The number of oxime groups is 1. The molecule has 2 rings (SSSR count). The van der Waals surface area contributed by atoms with Gasteiger partial charge in [-0.3, -0.25) is 4.79 Å². The van der Waals surface area contributed by atoms with E-state index in [9.17, 15) is 9.59 Å². The second-order valence-corrected chi connectivity index (χ2v) is 7.15. The predicted octanol–water partition coefficient (Wildman–Crippen LogP) is 3.95. The van der Waals surface area contributed by atoms with E-state index < -0.39 is 11.6 Å². The lowest BCUT2D eigenvalue weighted by molar-refractivity contribution is 0.0963. The Morgan fingerprint density at radius 2 is 1.86 bits per heavy atom. The first-order chi connectivity index (χ1) is 13.2. The molecule has 0 saturated carbocycles. The Morgan fingerprint density at radius 1 is 1.14 bits per heavy atom. The third kappa shape index (κ3) is 5.01. The molecule has 4 N–H and O–H groups in total. The van der Waals surface area contributed by atoms with Crippen LogP contribution in [0.3, 0.4) is 0 Å². The van der Waals surface area contributed by atoms with Crippen LogP contribution in [0.2, 0.25) is 5.02 Å². The predicted molar refractivity (Wildman–Crippen MR) is 110 cm³/mol. The molecule has 0 aliphatic heterocycles. The molecule has 148 valence electrons. The summed E-state index contributed by atoms with van der Waals surface area (Å²) in [6.45, 7) is 5.40. The molecule has 7 nitrogen and oxygen atoms in total. The quantitative estimate of drug-likeness (QED) is 0.346. The monoisotopic (exact) mass is 402 g/mol. The van der Waals surface area contributed by atoms with Crippen molar-refractivity contribution in [3.8, 4) is 0 Å². The average Bonchev–Trinajstić information content (AvgIpc) is 2.67. The Labute approximate surface area is 168 Å². The number of rotatable bonds is 5. The molecule has 0 unspecified atom stereocenters. The number of benzene rings is 2. The zero-order valence-electron chi connectivity index (χ0n) is 16.1. The van der Waals surface area contributed by atoms with Gasteiger partial charge in [0.05, 0.1) is 21.8 Å². The van der Waals surface area contributed by atoms with Crippen molar-refractivity contribution >= 4 is 34.9 Å². The minimum Gasteiger partial charge on any atom is -0.411 e. The highest BCUT2D eigenvalue weighted by Gasteiger charge is 2.23. The van der Waals surface area contributed by atoms with Gasteiger partial charge < -0.3 is 21.2 Å². The van der Waals surface area contributed by atoms with E-state index in [1.807, 2.05) is 38.1 Å². The number of hydrogen-bond donors (Lipinski definition) is 4. The smallest absolute Gasteiger partial charge is 0.319 e. The summed E-state index contributed by atoms with van der Waals surface area (Å²) in [4.78, 5) is 24.3. The van der Waals surface area contributed by atoms with Crippen LogP contribution >= 0.6 is 11.6 Å². The Bertz CT molecular complexity index is 925. The number of amides is 3. The van der Waals surface area contributed by atoms with Crippen molar-refractivity contribution in [1.29, 1.82) is 0 Å². The molecule has 2 aromatic rings. The lowest BCUT2D eigenvalue weighted by atomic mass is 9.92.